The maximum absolute atomic E-state index is 12.6. The van der Waals surface area contributed by atoms with Gasteiger partial charge in [-0.3, -0.25) is 4.79 Å². The molecule has 0 fully saturated rings. The van der Waals surface area contributed by atoms with E-state index in [1.807, 2.05) is 55.8 Å². The molecule has 0 saturated heterocycles. The van der Waals surface area contributed by atoms with Gasteiger partial charge in [0, 0.05) is 10.9 Å². The Balaban J connectivity index is 1.97. The van der Waals surface area contributed by atoms with E-state index in [9.17, 15) is 9.90 Å². The third kappa shape index (κ3) is 3.38. The van der Waals surface area contributed by atoms with Crippen LogP contribution in [0.2, 0.25) is 0 Å². The van der Waals surface area contributed by atoms with Crippen molar-refractivity contribution in [3.05, 3.63) is 68.7 Å². The molecular formula is C20H19NO2S2. The first-order valence-corrected chi connectivity index (χ1v) is 9.57. The Morgan fingerprint density at radius 2 is 1.76 bits per heavy atom. The zero-order valence-corrected chi connectivity index (χ0v) is 16.0. The van der Waals surface area contributed by atoms with Gasteiger partial charge in [0.25, 0.3) is 5.91 Å². The predicted octanol–water partition coefficient (Wildman–Crippen LogP) is 6.18. The number of aliphatic hydroxyl groups excluding tert-OH is 1. The van der Waals surface area contributed by atoms with Crippen molar-refractivity contribution in [2.45, 2.75) is 20.8 Å². The molecule has 3 aromatic rings. The second-order valence-electron chi connectivity index (χ2n) is 5.99. The number of carbonyl (C=O) groups is 1. The Hall–Kier alpha value is -2.37. The standard InChI is InChI=1S/C20H19NO2S2/c1-11-5-7-15(8-6-11)16-10-25-20(17(16)14(4)22)21-19(23)18-13(3)12(2)9-24-18/h5-10,22H,4H2,1-3H3,(H,21,23). The highest BCUT2D eigenvalue weighted by atomic mass is 32.1. The minimum absolute atomic E-state index is 0.0498. The van der Waals surface area contributed by atoms with Crippen LogP contribution in [0.4, 0.5) is 5.00 Å². The third-order valence-corrected chi connectivity index (χ3v) is 6.26. The summed E-state index contributed by atoms with van der Waals surface area (Å²) in [6.07, 6.45) is 0. The molecule has 2 N–H and O–H groups in total. The highest BCUT2D eigenvalue weighted by Crippen LogP contribution is 2.39. The molecule has 0 radical (unpaired) electrons. The predicted molar refractivity (Wildman–Crippen MR) is 108 cm³/mol. The largest absolute Gasteiger partial charge is 0.508 e. The van der Waals surface area contributed by atoms with Crippen LogP contribution in [0.15, 0.2) is 41.6 Å². The number of hydrogen-bond acceptors (Lipinski definition) is 4. The first kappa shape index (κ1) is 17.5. The van der Waals surface area contributed by atoms with Gasteiger partial charge in [-0.15, -0.1) is 22.7 Å². The van der Waals surface area contributed by atoms with Gasteiger partial charge < -0.3 is 10.4 Å². The number of benzene rings is 1. The van der Waals surface area contributed by atoms with Gasteiger partial charge in [-0.05, 0) is 42.8 Å². The Morgan fingerprint density at radius 1 is 1.08 bits per heavy atom. The Bertz CT molecular complexity index is 949. The molecule has 1 amide bonds. The van der Waals surface area contributed by atoms with E-state index in [1.54, 1.807) is 0 Å². The second-order valence-corrected chi connectivity index (χ2v) is 7.75. The van der Waals surface area contributed by atoms with Crippen molar-refractivity contribution in [3.63, 3.8) is 0 Å². The van der Waals surface area contributed by atoms with Crippen molar-refractivity contribution in [3.8, 4) is 11.1 Å². The minimum atomic E-state index is -0.157. The third-order valence-electron chi connectivity index (χ3n) is 4.16. The Kier molecular flexibility index (Phi) is 4.79. The number of amides is 1. The normalized spacial score (nSPS) is 10.7. The van der Waals surface area contributed by atoms with Crippen LogP contribution in [0.5, 0.6) is 0 Å². The number of rotatable bonds is 4. The lowest BCUT2D eigenvalue weighted by Gasteiger charge is -2.08. The van der Waals surface area contributed by atoms with Gasteiger partial charge in [-0.2, -0.15) is 0 Å². The summed E-state index contributed by atoms with van der Waals surface area (Å²) in [4.78, 5) is 13.3. The number of carbonyl (C=O) groups excluding carboxylic acids is 1. The number of thiophene rings is 2. The fraction of sp³-hybridized carbons (Fsp3) is 0.150. The van der Waals surface area contributed by atoms with Gasteiger partial charge in [-0.1, -0.05) is 36.4 Å². The van der Waals surface area contributed by atoms with Gasteiger partial charge in [0.2, 0.25) is 0 Å². The van der Waals surface area contributed by atoms with E-state index in [1.165, 1.54) is 28.2 Å². The zero-order chi connectivity index (χ0) is 18.1. The van der Waals surface area contributed by atoms with Crippen molar-refractivity contribution in [1.82, 2.24) is 0 Å². The molecule has 25 heavy (non-hydrogen) atoms. The van der Waals surface area contributed by atoms with Gasteiger partial charge in [-0.25, -0.2) is 0 Å². The monoisotopic (exact) mass is 369 g/mol. The van der Waals surface area contributed by atoms with Crippen molar-refractivity contribution in [1.29, 1.82) is 0 Å². The topological polar surface area (TPSA) is 49.3 Å². The number of nitrogens with one attached hydrogen (secondary N) is 1. The van der Waals surface area contributed by atoms with Crippen molar-refractivity contribution < 1.29 is 9.90 Å². The van der Waals surface area contributed by atoms with Crippen LogP contribution in [0.1, 0.15) is 31.9 Å². The maximum Gasteiger partial charge on any atom is 0.266 e. The average Bonchev–Trinajstić information content (AvgIpc) is 3.12. The Morgan fingerprint density at radius 3 is 2.32 bits per heavy atom. The van der Waals surface area contributed by atoms with E-state index >= 15 is 0 Å². The molecule has 0 bridgehead atoms. The van der Waals surface area contributed by atoms with Crippen LogP contribution in [0, 0.1) is 20.8 Å². The summed E-state index contributed by atoms with van der Waals surface area (Å²) in [6.45, 7) is 9.64. The molecule has 5 heteroatoms. The molecular weight excluding hydrogens is 350 g/mol. The van der Waals surface area contributed by atoms with E-state index < -0.39 is 0 Å². The summed E-state index contributed by atoms with van der Waals surface area (Å²) in [5.41, 5.74) is 5.69. The summed E-state index contributed by atoms with van der Waals surface area (Å²) < 4.78 is 0. The average molecular weight is 370 g/mol. The molecule has 0 unspecified atom stereocenters. The molecule has 0 aliphatic rings. The molecule has 0 saturated carbocycles. The van der Waals surface area contributed by atoms with Crippen LogP contribution < -0.4 is 5.32 Å². The molecule has 0 aliphatic heterocycles. The quantitative estimate of drug-likeness (QED) is 0.539. The van der Waals surface area contributed by atoms with Gasteiger partial charge in [0.05, 0.1) is 10.4 Å². The van der Waals surface area contributed by atoms with E-state index in [2.05, 4.69) is 11.9 Å². The van der Waals surface area contributed by atoms with E-state index in [-0.39, 0.29) is 11.7 Å². The summed E-state index contributed by atoms with van der Waals surface area (Å²) in [6, 6.07) is 8.05. The van der Waals surface area contributed by atoms with Crippen LogP contribution in [-0.4, -0.2) is 11.0 Å². The summed E-state index contributed by atoms with van der Waals surface area (Å²) in [5.74, 6) is -0.207. The van der Waals surface area contributed by atoms with Gasteiger partial charge >= 0.3 is 0 Å². The molecule has 128 valence electrons. The minimum Gasteiger partial charge on any atom is -0.508 e. The van der Waals surface area contributed by atoms with Crippen molar-refractivity contribution in [2.24, 2.45) is 0 Å². The fourth-order valence-corrected chi connectivity index (χ4v) is 4.52. The summed E-state index contributed by atoms with van der Waals surface area (Å²) in [5, 5.41) is 17.5. The zero-order valence-electron chi connectivity index (χ0n) is 14.3. The molecule has 0 aliphatic carbocycles. The van der Waals surface area contributed by atoms with Crippen LogP contribution >= 0.6 is 22.7 Å². The van der Waals surface area contributed by atoms with Crippen LogP contribution in [0.3, 0.4) is 0 Å². The highest BCUT2D eigenvalue weighted by Gasteiger charge is 2.20. The van der Waals surface area contributed by atoms with Crippen molar-refractivity contribution in [2.75, 3.05) is 5.32 Å². The lowest BCUT2D eigenvalue weighted by Crippen LogP contribution is -2.11. The van der Waals surface area contributed by atoms with Crippen LogP contribution in [0.25, 0.3) is 16.9 Å². The lowest BCUT2D eigenvalue weighted by molar-refractivity contribution is 0.103. The molecule has 2 heterocycles. The molecule has 1 aromatic carbocycles. The smallest absolute Gasteiger partial charge is 0.266 e. The van der Waals surface area contributed by atoms with Crippen LogP contribution in [-0.2, 0) is 0 Å². The number of aryl methyl sites for hydroxylation is 2. The Labute approximate surface area is 155 Å². The summed E-state index contributed by atoms with van der Waals surface area (Å²) >= 11 is 2.82. The molecule has 2 aromatic heterocycles. The van der Waals surface area contributed by atoms with Crippen molar-refractivity contribution >= 4 is 39.3 Å². The second kappa shape index (κ2) is 6.86. The fourth-order valence-electron chi connectivity index (χ4n) is 2.57. The number of anilines is 1. The first-order chi connectivity index (χ1) is 11.9. The number of aliphatic hydroxyl groups is 1. The van der Waals surface area contributed by atoms with Gasteiger partial charge in [0.1, 0.15) is 10.8 Å². The molecule has 0 atom stereocenters. The molecule has 0 spiro atoms. The number of hydrogen-bond donors (Lipinski definition) is 2. The van der Waals surface area contributed by atoms with Gasteiger partial charge in [0.15, 0.2) is 0 Å². The van der Waals surface area contributed by atoms with E-state index in [0.29, 0.717) is 15.4 Å². The molecule has 3 nitrogen and oxygen atoms in total. The highest BCUT2D eigenvalue weighted by molar-refractivity contribution is 7.15. The maximum atomic E-state index is 12.6. The van der Waals surface area contributed by atoms with E-state index in [4.69, 9.17) is 0 Å². The molecule has 3 rings (SSSR count). The lowest BCUT2D eigenvalue weighted by atomic mass is 10.0. The van der Waals surface area contributed by atoms with E-state index in [0.717, 1.165) is 22.3 Å². The summed E-state index contributed by atoms with van der Waals surface area (Å²) in [7, 11) is 0. The first-order valence-electron chi connectivity index (χ1n) is 7.81. The SMILES string of the molecule is C=C(O)c1c(-c2ccc(C)cc2)csc1NC(=O)c1scc(C)c1C.